The zero-order chi connectivity index (χ0) is 16.1. The molecular weight excluding hydrogens is 318 g/mol. The second kappa shape index (κ2) is 5.53. The first kappa shape index (κ1) is 14.4. The fourth-order valence-electron chi connectivity index (χ4n) is 3.58. The van der Waals surface area contributed by atoms with Crippen LogP contribution in [0.1, 0.15) is 41.4 Å². The molecule has 2 aliphatic rings. The largest absolute Gasteiger partial charge is 0.310 e. The van der Waals surface area contributed by atoms with E-state index in [9.17, 15) is 4.79 Å². The number of rotatable bonds is 3. The molecule has 1 aliphatic carbocycles. The summed E-state index contributed by atoms with van der Waals surface area (Å²) in [6, 6.07) is 8.54. The molecule has 0 atom stereocenters. The summed E-state index contributed by atoms with van der Waals surface area (Å²) in [5.41, 5.74) is 3.32. The van der Waals surface area contributed by atoms with Crippen LogP contribution in [0.15, 0.2) is 34.4 Å². The van der Waals surface area contributed by atoms with Crippen molar-refractivity contribution in [2.45, 2.75) is 38.3 Å². The van der Waals surface area contributed by atoms with Crippen LogP contribution in [0, 0.1) is 0 Å². The van der Waals surface area contributed by atoms with Crippen LogP contribution in [0.5, 0.6) is 0 Å². The van der Waals surface area contributed by atoms with Gasteiger partial charge in [0, 0.05) is 36.7 Å². The van der Waals surface area contributed by atoms with Gasteiger partial charge in [0.15, 0.2) is 0 Å². The highest BCUT2D eigenvalue weighted by Crippen LogP contribution is 2.38. The minimum absolute atomic E-state index is 0.0711. The molecule has 5 heteroatoms. The average Bonchev–Trinajstić information content (AvgIpc) is 3.38. The minimum atomic E-state index is 0.0711. The highest BCUT2D eigenvalue weighted by Gasteiger charge is 2.29. The molecule has 1 N–H and O–H groups in total. The Morgan fingerprint density at radius 1 is 1.29 bits per heavy atom. The quantitative estimate of drug-likeness (QED) is 0.797. The van der Waals surface area contributed by atoms with Gasteiger partial charge in [0.2, 0.25) is 0 Å². The first-order valence-corrected chi connectivity index (χ1v) is 9.45. The Morgan fingerprint density at radius 2 is 2.17 bits per heavy atom. The molecule has 0 bridgehead atoms. The highest BCUT2D eigenvalue weighted by molar-refractivity contribution is 7.17. The lowest BCUT2D eigenvalue weighted by molar-refractivity contribution is 0.242. The van der Waals surface area contributed by atoms with E-state index in [-0.39, 0.29) is 5.56 Å². The Kier molecular flexibility index (Phi) is 3.31. The normalized spacial score (nSPS) is 18.0. The number of hydrogen-bond donors (Lipinski definition) is 1. The van der Waals surface area contributed by atoms with Gasteiger partial charge in [-0.1, -0.05) is 18.2 Å². The second-order valence-corrected chi connectivity index (χ2v) is 7.78. The molecule has 0 saturated heterocycles. The molecule has 3 aromatic rings. The van der Waals surface area contributed by atoms with E-state index in [4.69, 9.17) is 4.98 Å². The van der Waals surface area contributed by atoms with Gasteiger partial charge in [-0.05, 0) is 35.2 Å². The van der Waals surface area contributed by atoms with Gasteiger partial charge >= 0.3 is 0 Å². The van der Waals surface area contributed by atoms with Crippen molar-refractivity contribution < 1.29 is 0 Å². The lowest BCUT2D eigenvalue weighted by Crippen LogP contribution is -2.35. The van der Waals surface area contributed by atoms with Gasteiger partial charge in [-0.3, -0.25) is 9.69 Å². The molecular formula is C19H19N3OS. The Balaban J connectivity index is 1.41. The topological polar surface area (TPSA) is 49.0 Å². The number of aromatic amines is 1. The van der Waals surface area contributed by atoms with E-state index in [1.54, 1.807) is 11.3 Å². The summed E-state index contributed by atoms with van der Waals surface area (Å²) in [5.74, 6) is 1.41. The molecule has 5 rings (SSSR count). The lowest BCUT2D eigenvalue weighted by Gasteiger charge is -2.27. The van der Waals surface area contributed by atoms with Gasteiger partial charge in [0.05, 0.1) is 11.3 Å². The van der Waals surface area contributed by atoms with Gasteiger partial charge < -0.3 is 4.98 Å². The van der Waals surface area contributed by atoms with Gasteiger partial charge in [-0.15, -0.1) is 11.3 Å². The molecule has 1 saturated carbocycles. The van der Waals surface area contributed by atoms with Crippen molar-refractivity contribution in [3.8, 4) is 0 Å². The van der Waals surface area contributed by atoms with E-state index in [0.29, 0.717) is 12.5 Å². The highest BCUT2D eigenvalue weighted by atomic mass is 32.1. The van der Waals surface area contributed by atoms with E-state index < -0.39 is 0 Å². The lowest BCUT2D eigenvalue weighted by atomic mass is 10.1. The number of aromatic nitrogens is 2. The maximum absolute atomic E-state index is 12.5. The van der Waals surface area contributed by atoms with E-state index in [1.165, 1.54) is 28.5 Å². The van der Waals surface area contributed by atoms with Gasteiger partial charge in [0.1, 0.15) is 5.82 Å². The van der Waals surface area contributed by atoms with E-state index in [0.717, 1.165) is 36.6 Å². The van der Waals surface area contributed by atoms with E-state index in [2.05, 4.69) is 39.5 Å². The number of H-pyrrole nitrogens is 1. The fraction of sp³-hybridized carbons (Fsp3) is 0.368. The summed E-state index contributed by atoms with van der Waals surface area (Å²) in [5, 5.41) is 3.59. The Morgan fingerprint density at radius 3 is 3.04 bits per heavy atom. The number of fused-ring (bicyclic) bond motifs is 2. The third-order valence-corrected chi connectivity index (χ3v) is 6.10. The number of thiophene rings is 1. The molecule has 1 fully saturated rings. The molecule has 0 unspecified atom stereocenters. The first-order valence-electron chi connectivity index (χ1n) is 8.57. The zero-order valence-corrected chi connectivity index (χ0v) is 14.2. The standard InChI is InChI=1S/C19H19N3OS/c23-19-15-10-22(8-7-16(15)20-18(21-19)12-5-6-12)9-13-11-24-17-4-2-1-3-14(13)17/h1-4,11-12H,5-10H2,(H,20,21,23). The number of benzene rings is 1. The van der Waals surface area contributed by atoms with Gasteiger partial charge in [0.25, 0.3) is 5.56 Å². The Hall–Kier alpha value is -1.98. The SMILES string of the molecule is O=c1[nH]c(C2CC2)nc2c1CN(Cc1csc3ccccc13)CC2. The summed E-state index contributed by atoms with van der Waals surface area (Å²) < 4.78 is 1.33. The van der Waals surface area contributed by atoms with Crippen LogP contribution in [0.25, 0.3) is 10.1 Å². The molecule has 2 aromatic heterocycles. The predicted molar refractivity (Wildman–Crippen MR) is 96.5 cm³/mol. The van der Waals surface area contributed by atoms with Crippen molar-refractivity contribution in [1.82, 2.24) is 14.9 Å². The zero-order valence-electron chi connectivity index (χ0n) is 13.4. The summed E-state index contributed by atoms with van der Waals surface area (Å²) in [6.45, 7) is 2.57. The van der Waals surface area contributed by atoms with Crippen LogP contribution < -0.4 is 5.56 Å². The number of hydrogen-bond acceptors (Lipinski definition) is 4. The van der Waals surface area contributed by atoms with Crippen LogP contribution in [0.4, 0.5) is 0 Å². The molecule has 3 heterocycles. The fourth-order valence-corrected chi connectivity index (χ4v) is 4.54. The predicted octanol–water partition coefficient (Wildman–Crippen LogP) is 3.42. The molecule has 122 valence electrons. The summed E-state index contributed by atoms with van der Waals surface area (Å²) in [6.07, 6.45) is 3.21. The minimum Gasteiger partial charge on any atom is -0.310 e. The number of nitrogens with one attached hydrogen (secondary N) is 1. The van der Waals surface area contributed by atoms with Crippen molar-refractivity contribution in [3.05, 3.63) is 62.6 Å². The maximum Gasteiger partial charge on any atom is 0.255 e. The molecule has 24 heavy (non-hydrogen) atoms. The van der Waals surface area contributed by atoms with Crippen molar-refractivity contribution >= 4 is 21.4 Å². The van der Waals surface area contributed by atoms with Crippen molar-refractivity contribution in [2.75, 3.05) is 6.54 Å². The molecule has 0 amide bonds. The van der Waals surface area contributed by atoms with Crippen molar-refractivity contribution in [3.63, 3.8) is 0 Å². The van der Waals surface area contributed by atoms with Gasteiger partial charge in [-0.25, -0.2) is 4.98 Å². The molecule has 0 radical (unpaired) electrons. The van der Waals surface area contributed by atoms with Crippen molar-refractivity contribution in [1.29, 1.82) is 0 Å². The van der Waals surface area contributed by atoms with Gasteiger partial charge in [-0.2, -0.15) is 0 Å². The van der Waals surface area contributed by atoms with Crippen LogP contribution in [0.2, 0.25) is 0 Å². The van der Waals surface area contributed by atoms with E-state index in [1.807, 2.05) is 0 Å². The average molecular weight is 337 g/mol. The third kappa shape index (κ3) is 2.48. The summed E-state index contributed by atoms with van der Waals surface area (Å²) >= 11 is 1.80. The van der Waals surface area contributed by atoms with Crippen LogP contribution in [-0.2, 0) is 19.5 Å². The Bertz CT molecular complexity index is 970. The molecule has 1 aliphatic heterocycles. The third-order valence-electron chi connectivity index (χ3n) is 5.09. The van der Waals surface area contributed by atoms with Crippen LogP contribution in [-0.4, -0.2) is 21.4 Å². The monoisotopic (exact) mass is 337 g/mol. The molecule has 4 nitrogen and oxygen atoms in total. The smallest absolute Gasteiger partial charge is 0.255 e. The maximum atomic E-state index is 12.5. The van der Waals surface area contributed by atoms with Crippen LogP contribution >= 0.6 is 11.3 Å². The second-order valence-electron chi connectivity index (χ2n) is 6.87. The number of nitrogens with zero attached hydrogens (tertiary/aromatic N) is 2. The molecule has 0 spiro atoms. The van der Waals surface area contributed by atoms with Crippen molar-refractivity contribution in [2.24, 2.45) is 0 Å². The van der Waals surface area contributed by atoms with E-state index >= 15 is 0 Å². The first-order chi connectivity index (χ1) is 11.8. The van der Waals surface area contributed by atoms with Crippen LogP contribution in [0.3, 0.4) is 0 Å². The Labute approximate surface area is 144 Å². The molecule has 1 aromatic carbocycles. The summed E-state index contributed by atoms with van der Waals surface area (Å²) in [4.78, 5) is 22.6. The summed E-state index contributed by atoms with van der Waals surface area (Å²) in [7, 11) is 0.